The number of benzene rings is 1. The molecule has 0 aromatic heterocycles. The summed E-state index contributed by atoms with van der Waals surface area (Å²) in [5.41, 5.74) is 6.03. The van der Waals surface area contributed by atoms with E-state index in [0.29, 0.717) is 16.5 Å². The van der Waals surface area contributed by atoms with Gasteiger partial charge in [-0.1, -0.05) is 11.6 Å². The van der Waals surface area contributed by atoms with E-state index in [2.05, 4.69) is 10.6 Å². The fraction of sp³-hybridized carbons (Fsp3) is 0.273. The lowest BCUT2D eigenvalue weighted by Gasteiger charge is -2.15. The molecular weight excluding hydrogens is 258 g/mol. The Kier molecular flexibility index (Phi) is 4.79. The number of imide groups is 1. The number of hydrogen-bond donors (Lipinski definition) is 3. The molecule has 1 aromatic carbocycles. The van der Waals surface area contributed by atoms with Crippen LogP contribution in [0.5, 0.6) is 5.75 Å². The van der Waals surface area contributed by atoms with Crippen molar-refractivity contribution in [1.82, 2.24) is 10.6 Å². The monoisotopic (exact) mass is 271 g/mol. The van der Waals surface area contributed by atoms with E-state index in [9.17, 15) is 9.59 Å². The number of hydrogen-bond acceptors (Lipinski definition) is 4. The Labute approximate surface area is 109 Å². The van der Waals surface area contributed by atoms with E-state index in [1.54, 1.807) is 12.1 Å². The molecule has 1 unspecified atom stereocenters. The van der Waals surface area contributed by atoms with Gasteiger partial charge in [-0.3, -0.25) is 10.1 Å². The summed E-state index contributed by atoms with van der Waals surface area (Å²) in [6, 6.07) is 4.07. The van der Waals surface area contributed by atoms with Gasteiger partial charge in [0.1, 0.15) is 5.75 Å². The topological polar surface area (TPSA) is 93.5 Å². The number of halogens is 1. The zero-order chi connectivity index (χ0) is 13.7. The first kappa shape index (κ1) is 14.1. The van der Waals surface area contributed by atoms with Crippen molar-refractivity contribution in [2.45, 2.75) is 13.0 Å². The molecule has 0 aliphatic heterocycles. The van der Waals surface area contributed by atoms with Gasteiger partial charge in [0.25, 0.3) is 5.91 Å². The molecule has 0 heterocycles. The summed E-state index contributed by atoms with van der Waals surface area (Å²) in [7, 11) is 1.41. The molecule has 0 bridgehead atoms. The molecule has 18 heavy (non-hydrogen) atoms. The Morgan fingerprint density at radius 3 is 2.67 bits per heavy atom. The summed E-state index contributed by atoms with van der Waals surface area (Å²) in [6.07, 6.45) is -0.858. The number of nitrogens with two attached hydrogens (primary N) is 1. The predicted molar refractivity (Wildman–Crippen MR) is 68.6 cm³/mol. The van der Waals surface area contributed by atoms with Crippen LogP contribution in [0.4, 0.5) is 10.5 Å². The van der Waals surface area contributed by atoms with E-state index in [-0.39, 0.29) is 0 Å². The lowest BCUT2D eigenvalue weighted by atomic mass is 10.3. The maximum atomic E-state index is 11.5. The van der Waals surface area contributed by atoms with Crippen LogP contribution in [-0.2, 0) is 4.79 Å². The van der Waals surface area contributed by atoms with Crippen LogP contribution >= 0.6 is 11.6 Å². The number of amides is 3. The van der Waals surface area contributed by atoms with E-state index in [1.165, 1.54) is 20.0 Å². The summed E-state index contributed by atoms with van der Waals surface area (Å²) < 4.78 is 5.33. The second kappa shape index (κ2) is 6.11. The van der Waals surface area contributed by atoms with Crippen molar-refractivity contribution in [1.29, 1.82) is 0 Å². The highest BCUT2D eigenvalue weighted by Gasteiger charge is 2.17. The van der Waals surface area contributed by atoms with Crippen molar-refractivity contribution in [3.63, 3.8) is 0 Å². The highest BCUT2D eigenvalue weighted by molar-refractivity contribution is 6.32. The van der Waals surface area contributed by atoms with E-state index >= 15 is 0 Å². The Hall–Kier alpha value is -1.95. The van der Waals surface area contributed by atoms with Gasteiger partial charge in [0, 0.05) is 12.7 Å². The molecule has 1 atom stereocenters. The lowest BCUT2D eigenvalue weighted by molar-refractivity contribution is -0.126. The number of carbonyl (C=O) groups excluding carboxylic acids is 2. The molecule has 3 amide bonds. The van der Waals surface area contributed by atoms with E-state index in [0.717, 1.165) is 0 Å². The summed E-state index contributed by atoms with van der Waals surface area (Å²) in [5, 5.41) is 4.66. The molecule has 98 valence electrons. The molecule has 7 heteroatoms. The quantitative estimate of drug-likeness (QED) is 0.719. The SMILES string of the molecule is CNC(=O)NC(=O)C(C)Oc1ccc(N)cc1Cl. The summed E-state index contributed by atoms with van der Waals surface area (Å²) in [4.78, 5) is 22.5. The summed E-state index contributed by atoms with van der Waals surface area (Å²) in [5.74, 6) is -0.243. The molecule has 0 aliphatic carbocycles. The Balaban J connectivity index is 2.66. The van der Waals surface area contributed by atoms with Crippen LogP contribution in [0.2, 0.25) is 5.02 Å². The largest absolute Gasteiger partial charge is 0.479 e. The van der Waals surface area contributed by atoms with Crippen molar-refractivity contribution < 1.29 is 14.3 Å². The summed E-state index contributed by atoms with van der Waals surface area (Å²) >= 11 is 5.90. The van der Waals surface area contributed by atoms with Gasteiger partial charge in [-0.25, -0.2) is 4.79 Å². The van der Waals surface area contributed by atoms with E-state index in [1.807, 2.05) is 0 Å². The van der Waals surface area contributed by atoms with Gasteiger partial charge in [-0.15, -0.1) is 0 Å². The third-order valence-electron chi connectivity index (χ3n) is 2.09. The maximum Gasteiger partial charge on any atom is 0.321 e. The highest BCUT2D eigenvalue weighted by Crippen LogP contribution is 2.27. The molecule has 0 aliphatic rings. The third kappa shape index (κ3) is 3.81. The van der Waals surface area contributed by atoms with Crippen LogP contribution in [0, 0.1) is 0 Å². The first-order valence-electron chi connectivity index (χ1n) is 5.18. The van der Waals surface area contributed by atoms with Gasteiger partial charge < -0.3 is 15.8 Å². The molecular formula is C11H14ClN3O3. The smallest absolute Gasteiger partial charge is 0.321 e. The van der Waals surface area contributed by atoms with Gasteiger partial charge in [-0.05, 0) is 25.1 Å². The Morgan fingerprint density at radius 1 is 1.44 bits per heavy atom. The number of carbonyl (C=O) groups is 2. The third-order valence-corrected chi connectivity index (χ3v) is 2.39. The minimum atomic E-state index is -0.858. The molecule has 0 radical (unpaired) electrons. The average Bonchev–Trinajstić information content (AvgIpc) is 2.32. The minimum Gasteiger partial charge on any atom is -0.479 e. The standard InChI is InChI=1S/C11H14ClN3O3/c1-6(10(16)15-11(17)14-2)18-9-4-3-7(13)5-8(9)12/h3-6H,13H2,1-2H3,(H2,14,15,16,17). The van der Waals surface area contributed by atoms with Crippen molar-refractivity contribution in [3.8, 4) is 5.75 Å². The highest BCUT2D eigenvalue weighted by atomic mass is 35.5. The fourth-order valence-corrected chi connectivity index (χ4v) is 1.37. The zero-order valence-electron chi connectivity index (χ0n) is 9.99. The molecule has 6 nitrogen and oxygen atoms in total. The van der Waals surface area contributed by atoms with Crippen LogP contribution in [0.25, 0.3) is 0 Å². The van der Waals surface area contributed by atoms with E-state index < -0.39 is 18.0 Å². The molecule has 0 fully saturated rings. The second-order valence-corrected chi connectivity index (χ2v) is 3.93. The predicted octanol–water partition coefficient (Wildman–Crippen LogP) is 1.15. The maximum absolute atomic E-state index is 11.5. The molecule has 0 saturated heterocycles. The van der Waals surface area contributed by atoms with Crippen LogP contribution in [-0.4, -0.2) is 25.1 Å². The molecule has 0 saturated carbocycles. The number of rotatable bonds is 3. The molecule has 1 rings (SSSR count). The van der Waals surface area contributed by atoms with Gasteiger partial charge in [-0.2, -0.15) is 0 Å². The number of ether oxygens (including phenoxy) is 1. The summed E-state index contributed by atoms with van der Waals surface area (Å²) in [6.45, 7) is 1.50. The zero-order valence-corrected chi connectivity index (χ0v) is 10.7. The van der Waals surface area contributed by atoms with Crippen molar-refractivity contribution in [2.24, 2.45) is 0 Å². The number of urea groups is 1. The molecule has 0 spiro atoms. The normalized spacial score (nSPS) is 11.5. The molecule has 4 N–H and O–H groups in total. The second-order valence-electron chi connectivity index (χ2n) is 3.52. The van der Waals surface area contributed by atoms with Crippen LogP contribution in [0.1, 0.15) is 6.92 Å². The Bertz CT molecular complexity index is 465. The van der Waals surface area contributed by atoms with Gasteiger partial charge in [0.15, 0.2) is 6.10 Å². The van der Waals surface area contributed by atoms with Crippen molar-refractivity contribution in [2.75, 3.05) is 12.8 Å². The number of nitrogen functional groups attached to an aromatic ring is 1. The van der Waals surface area contributed by atoms with Crippen molar-refractivity contribution >= 4 is 29.2 Å². The number of nitrogens with one attached hydrogen (secondary N) is 2. The fourth-order valence-electron chi connectivity index (χ4n) is 1.13. The van der Waals surface area contributed by atoms with Gasteiger partial charge >= 0.3 is 6.03 Å². The minimum absolute atomic E-state index is 0.301. The van der Waals surface area contributed by atoms with Crippen molar-refractivity contribution in [3.05, 3.63) is 23.2 Å². The van der Waals surface area contributed by atoms with Crippen LogP contribution in [0.3, 0.4) is 0 Å². The van der Waals surface area contributed by atoms with Gasteiger partial charge in [0.2, 0.25) is 0 Å². The van der Waals surface area contributed by atoms with Gasteiger partial charge in [0.05, 0.1) is 5.02 Å². The first-order chi connectivity index (χ1) is 8.43. The average molecular weight is 272 g/mol. The van der Waals surface area contributed by atoms with E-state index in [4.69, 9.17) is 22.1 Å². The molecule has 1 aromatic rings. The lowest BCUT2D eigenvalue weighted by Crippen LogP contribution is -2.43. The Morgan fingerprint density at radius 2 is 2.11 bits per heavy atom. The van der Waals surface area contributed by atoms with Crippen LogP contribution in [0.15, 0.2) is 18.2 Å². The van der Waals surface area contributed by atoms with Crippen LogP contribution < -0.4 is 21.1 Å². The number of anilines is 1. The first-order valence-corrected chi connectivity index (χ1v) is 5.56.